The van der Waals surface area contributed by atoms with Gasteiger partial charge in [0.2, 0.25) is 0 Å². The molecule has 0 saturated heterocycles. The van der Waals surface area contributed by atoms with Crippen molar-refractivity contribution in [2.45, 2.75) is 32.9 Å². The molecule has 1 unspecified atom stereocenters. The zero-order chi connectivity index (χ0) is 14.0. The highest BCUT2D eigenvalue weighted by atomic mass is 35.5. The lowest BCUT2D eigenvalue weighted by molar-refractivity contribution is 0.577. The Morgan fingerprint density at radius 1 is 1.47 bits per heavy atom. The predicted molar refractivity (Wildman–Crippen MR) is 72.5 cm³/mol. The van der Waals surface area contributed by atoms with Gasteiger partial charge < -0.3 is 5.73 Å². The largest absolute Gasteiger partial charge is 0.322 e. The third-order valence-electron chi connectivity index (χ3n) is 3.00. The van der Waals surface area contributed by atoms with Gasteiger partial charge in [-0.15, -0.1) is 0 Å². The Balaban J connectivity index is 2.23. The number of halogens is 2. The number of aryl methyl sites for hydroxylation is 2. The molecule has 2 rings (SSSR count). The minimum Gasteiger partial charge on any atom is -0.322 e. The van der Waals surface area contributed by atoms with E-state index >= 15 is 0 Å². The predicted octanol–water partition coefficient (Wildman–Crippen LogP) is 2.64. The maximum Gasteiger partial charge on any atom is 0.141 e. The minimum atomic E-state index is -0.372. The Morgan fingerprint density at radius 3 is 2.79 bits per heavy atom. The fraction of sp³-hybridized carbons (Fsp3) is 0.385. The number of aromatic nitrogens is 3. The first kappa shape index (κ1) is 14.0. The van der Waals surface area contributed by atoms with Crippen LogP contribution in [-0.4, -0.2) is 14.8 Å². The van der Waals surface area contributed by atoms with Gasteiger partial charge in [0.05, 0.1) is 34.3 Å². The monoisotopic (exact) mass is 282 g/mol. The van der Waals surface area contributed by atoms with Crippen molar-refractivity contribution in [1.29, 1.82) is 0 Å². The summed E-state index contributed by atoms with van der Waals surface area (Å²) in [6.45, 7) is 4.58. The maximum absolute atomic E-state index is 12.8. The van der Waals surface area contributed by atoms with Crippen molar-refractivity contribution < 1.29 is 4.39 Å². The summed E-state index contributed by atoms with van der Waals surface area (Å²) in [6, 6.07) is 2.61. The molecule has 6 heteroatoms. The summed E-state index contributed by atoms with van der Waals surface area (Å²) in [5.41, 5.74) is 8.41. The lowest BCUT2D eigenvalue weighted by Gasteiger charge is -2.12. The average molecular weight is 283 g/mol. The zero-order valence-electron chi connectivity index (χ0n) is 10.9. The molecule has 2 aromatic rings. The molecule has 0 spiro atoms. The lowest BCUT2D eigenvalue weighted by Crippen LogP contribution is -2.17. The Kier molecular flexibility index (Phi) is 4.17. The van der Waals surface area contributed by atoms with Crippen molar-refractivity contribution in [1.82, 2.24) is 14.8 Å². The van der Waals surface area contributed by atoms with Crippen LogP contribution < -0.4 is 5.73 Å². The fourth-order valence-corrected chi connectivity index (χ4v) is 2.20. The number of nitrogens with zero attached hydrogens (tertiary/aromatic N) is 3. The molecule has 0 bridgehead atoms. The van der Waals surface area contributed by atoms with Crippen LogP contribution in [0, 0.1) is 12.7 Å². The number of hydrogen-bond donors (Lipinski definition) is 1. The normalized spacial score (nSPS) is 12.7. The zero-order valence-corrected chi connectivity index (χ0v) is 11.7. The molecule has 1 atom stereocenters. The van der Waals surface area contributed by atoms with Gasteiger partial charge in [0.1, 0.15) is 5.82 Å². The van der Waals surface area contributed by atoms with Crippen molar-refractivity contribution in [2.24, 2.45) is 5.73 Å². The molecule has 102 valence electrons. The van der Waals surface area contributed by atoms with Crippen LogP contribution in [0.1, 0.15) is 30.0 Å². The molecule has 0 amide bonds. The maximum atomic E-state index is 12.8. The van der Waals surface area contributed by atoms with Crippen molar-refractivity contribution in [3.05, 3.63) is 46.3 Å². The molecular formula is C13H16ClFN4. The number of nitrogens with two attached hydrogens (primary N) is 1. The van der Waals surface area contributed by atoms with Crippen LogP contribution in [0.15, 0.2) is 18.3 Å². The van der Waals surface area contributed by atoms with Gasteiger partial charge in [-0.25, -0.2) is 4.39 Å². The van der Waals surface area contributed by atoms with Crippen LogP contribution in [0.5, 0.6) is 0 Å². The highest BCUT2D eigenvalue weighted by molar-refractivity contribution is 6.31. The third-order valence-corrected chi connectivity index (χ3v) is 3.49. The Morgan fingerprint density at radius 2 is 2.21 bits per heavy atom. The van der Waals surface area contributed by atoms with Gasteiger partial charge in [0.25, 0.3) is 0 Å². The van der Waals surface area contributed by atoms with E-state index in [1.54, 1.807) is 6.07 Å². The highest BCUT2D eigenvalue weighted by Crippen LogP contribution is 2.24. The third kappa shape index (κ3) is 2.93. The average Bonchev–Trinajstić information content (AvgIpc) is 2.67. The summed E-state index contributed by atoms with van der Waals surface area (Å²) < 4.78 is 14.7. The van der Waals surface area contributed by atoms with Gasteiger partial charge in [-0.05, 0) is 26.0 Å². The molecular weight excluding hydrogens is 267 g/mol. The second-order valence-electron chi connectivity index (χ2n) is 4.37. The van der Waals surface area contributed by atoms with Crippen LogP contribution in [0.4, 0.5) is 4.39 Å². The van der Waals surface area contributed by atoms with Gasteiger partial charge >= 0.3 is 0 Å². The molecule has 0 radical (unpaired) electrons. The second-order valence-corrected chi connectivity index (χ2v) is 4.75. The van der Waals surface area contributed by atoms with Crippen molar-refractivity contribution >= 4 is 11.6 Å². The van der Waals surface area contributed by atoms with Crippen molar-refractivity contribution in [2.75, 3.05) is 0 Å². The van der Waals surface area contributed by atoms with Crippen molar-refractivity contribution in [3.8, 4) is 0 Å². The molecule has 0 aliphatic carbocycles. The molecule has 2 aromatic heterocycles. The standard InChI is InChI=1S/C13H16ClFN4/c1-3-19-12(13(14)8(2)18-19)6-10(16)11-5-4-9(15)7-17-11/h4-5,7,10H,3,6,16H2,1-2H3. The van der Waals surface area contributed by atoms with E-state index in [-0.39, 0.29) is 11.9 Å². The van der Waals surface area contributed by atoms with Gasteiger partial charge in [-0.3, -0.25) is 9.67 Å². The Labute approximate surface area is 116 Å². The highest BCUT2D eigenvalue weighted by Gasteiger charge is 2.17. The van der Waals surface area contributed by atoms with E-state index in [9.17, 15) is 4.39 Å². The number of rotatable bonds is 4. The first-order chi connectivity index (χ1) is 9.02. The fourth-order valence-electron chi connectivity index (χ4n) is 1.98. The second kappa shape index (κ2) is 5.67. The molecule has 4 nitrogen and oxygen atoms in total. The molecule has 0 aliphatic heterocycles. The smallest absolute Gasteiger partial charge is 0.141 e. The molecule has 0 fully saturated rings. The SMILES string of the molecule is CCn1nc(C)c(Cl)c1CC(N)c1ccc(F)cn1. The summed E-state index contributed by atoms with van der Waals surface area (Å²) in [6.07, 6.45) is 1.69. The first-order valence-corrected chi connectivity index (χ1v) is 6.49. The lowest BCUT2D eigenvalue weighted by atomic mass is 10.1. The van der Waals surface area contributed by atoms with Gasteiger partial charge in [0, 0.05) is 13.0 Å². The summed E-state index contributed by atoms with van der Waals surface area (Å²) in [4.78, 5) is 3.99. The molecule has 2 heterocycles. The van der Waals surface area contributed by atoms with Crippen LogP contribution in [0.25, 0.3) is 0 Å². The van der Waals surface area contributed by atoms with E-state index in [4.69, 9.17) is 17.3 Å². The number of hydrogen-bond acceptors (Lipinski definition) is 3. The molecule has 2 N–H and O–H groups in total. The molecule has 0 aliphatic rings. The van der Waals surface area contributed by atoms with E-state index in [0.29, 0.717) is 17.1 Å². The topological polar surface area (TPSA) is 56.7 Å². The van der Waals surface area contributed by atoms with Crippen LogP contribution in [0.3, 0.4) is 0 Å². The van der Waals surface area contributed by atoms with Crippen LogP contribution in [0.2, 0.25) is 5.02 Å². The minimum absolute atomic E-state index is 0.334. The summed E-state index contributed by atoms with van der Waals surface area (Å²) >= 11 is 6.23. The summed E-state index contributed by atoms with van der Waals surface area (Å²) in [5, 5.41) is 4.98. The van der Waals surface area contributed by atoms with E-state index in [0.717, 1.165) is 17.9 Å². The van der Waals surface area contributed by atoms with Crippen LogP contribution >= 0.6 is 11.6 Å². The van der Waals surface area contributed by atoms with E-state index in [1.807, 2.05) is 18.5 Å². The van der Waals surface area contributed by atoms with E-state index < -0.39 is 0 Å². The van der Waals surface area contributed by atoms with Gasteiger partial charge in [-0.1, -0.05) is 11.6 Å². The van der Waals surface area contributed by atoms with Gasteiger partial charge in [-0.2, -0.15) is 5.10 Å². The van der Waals surface area contributed by atoms with E-state index in [1.165, 1.54) is 12.3 Å². The molecule has 0 aromatic carbocycles. The first-order valence-electron chi connectivity index (χ1n) is 6.11. The summed E-state index contributed by atoms with van der Waals surface area (Å²) in [5.74, 6) is -0.372. The molecule has 19 heavy (non-hydrogen) atoms. The van der Waals surface area contributed by atoms with E-state index in [2.05, 4.69) is 10.1 Å². The summed E-state index contributed by atoms with van der Waals surface area (Å²) in [7, 11) is 0. The van der Waals surface area contributed by atoms with Crippen LogP contribution in [-0.2, 0) is 13.0 Å². The Bertz CT molecular complexity index is 565. The Hall–Kier alpha value is -1.46. The number of pyridine rings is 1. The molecule has 0 saturated carbocycles. The quantitative estimate of drug-likeness (QED) is 0.938. The van der Waals surface area contributed by atoms with Crippen molar-refractivity contribution in [3.63, 3.8) is 0 Å². The van der Waals surface area contributed by atoms with Gasteiger partial charge in [0.15, 0.2) is 0 Å².